The number of amides is 1. The molecule has 0 aliphatic heterocycles. The Morgan fingerprint density at radius 2 is 1.83 bits per heavy atom. The summed E-state index contributed by atoms with van der Waals surface area (Å²) in [5.74, 6) is 0.646. The third-order valence-electron chi connectivity index (χ3n) is 3.81. The Morgan fingerprint density at radius 1 is 1.13 bits per heavy atom. The zero-order valence-corrected chi connectivity index (χ0v) is 13.5. The fourth-order valence-electron chi connectivity index (χ4n) is 2.44. The highest BCUT2D eigenvalue weighted by Gasteiger charge is 2.14. The van der Waals surface area contributed by atoms with Crippen molar-refractivity contribution in [2.24, 2.45) is 0 Å². The number of H-pyrrole nitrogens is 1. The van der Waals surface area contributed by atoms with Crippen molar-refractivity contribution in [1.82, 2.24) is 15.3 Å². The van der Waals surface area contributed by atoms with Crippen molar-refractivity contribution in [3.8, 4) is 0 Å². The number of benzene rings is 2. The first kappa shape index (κ1) is 15.1. The Labute approximate surface area is 135 Å². The predicted molar refractivity (Wildman–Crippen MR) is 92.7 cm³/mol. The van der Waals surface area contributed by atoms with E-state index in [2.05, 4.69) is 15.3 Å². The third-order valence-corrected chi connectivity index (χ3v) is 3.81. The van der Waals surface area contributed by atoms with E-state index in [1.54, 1.807) is 0 Å². The van der Waals surface area contributed by atoms with Gasteiger partial charge in [-0.1, -0.05) is 12.1 Å². The molecule has 23 heavy (non-hydrogen) atoms. The molecule has 0 unspecified atom stereocenters. The fourth-order valence-corrected chi connectivity index (χ4v) is 2.44. The van der Waals surface area contributed by atoms with E-state index in [9.17, 15) is 4.79 Å². The first-order valence-corrected chi connectivity index (χ1v) is 7.57. The molecular weight excluding hydrogens is 288 g/mol. The molecule has 5 nitrogen and oxygen atoms in total. The van der Waals surface area contributed by atoms with Crippen LogP contribution in [0.2, 0.25) is 0 Å². The smallest absolute Gasteiger partial charge is 0.251 e. The Bertz CT molecular complexity index is 787. The van der Waals surface area contributed by atoms with Crippen molar-refractivity contribution in [1.29, 1.82) is 0 Å². The van der Waals surface area contributed by atoms with Gasteiger partial charge in [0.05, 0.1) is 17.1 Å². The molecule has 0 radical (unpaired) electrons. The summed E-state index contributed by atoms with van der Waals surface area (Å²) in [4.78, 5) is 22.1. The minimum absolute atomic E-state index is 0.108. The van der Waals surface area contributed by atoms with Crippen LogP contribution < -0.4 is 10.2 Å². The number of imidazole rings is 1. The standard InChI is InChI=1S/C18H20N4O/c1-12(17-20-15-6-4-5-7-16(15)21-17)19-18(23)13-8-10-14(11-9-13)22(2)3/h4-12H,1-3H3,(H,19,23)(H,20,21)/t12-/m0/s1. The number of aromatic amines is 1. The molecule has 1 aromatic heterocycles. The van der Waals surface area contributed by atoms with Crippen molar-refractivity contribution >= 4 is 22.6 Å². The molecule has 2 aromatic carbocycles. The summed E-state index contributed by atoms with van der Waals surface area (Å²) in [6.45, 7) is 1.92. The number of nitrogens with zero attached hydrogens (tertiary/aromatic N) is 2. The molecule has 3 aromatic rings. The van der Waals surface area contributed by atoms with Crippen molar-refractivity contribution < 1.29 is 4.79 Å². The van der Waals surface area contributed by atoms with Gasteiger partial charge in [0.15, 0.2) is 0 Å². The van der Waals surface area contributed by atoms with Crippen LogP contribution in [0.4, 0.5) is 5.69 Å². The Balaban J connectivity index is 1.73. The minimum atomic E-state index is -0.191. The second-order valence-electron chi connectivity index (χ2n) is 5.78. The van der Waals surface area contributed by atoms with Gasteiger partial charge in [-0.3, -0.25) is 4.79 Å². The summed E-state index contributed by atoms with van der Waals surface area (Å²) in [5.41, 5.74) is 3.57. The van der Waals surface area contributed by atoms with Gasteiger partial charge in [0.1, 0.15) is 5.82 Å². The lowest BCUT2D eigenvalue weighted by Gasteiger charge is -2.14. The zero-order chi connectivity index (χ0) is 16.4. The van der Waals surface area contributed by atoms with E-state index in [1.165, 1.54) is 0 Å². The van der Waals surface area contributed by atoms with E-state index in [1.807, 2.05) is 74.4 Å². The van der Waals surface area contributed by atoms with Gasteiger partial charge in [0.2, 0.25) is 0 Å². The summed E-state index contributed by atoms with van der Waals surface area (Å²) in [5, 5.41) is 2.98. The van der Waals surface area contributed by atoms with Gasteiger partial charge >= 0.3 is 0 Å². The van der Waals surface area contributed by atoms with Gasteiger partial charge in [0.25, 0.3) is 5.91 Å². The molecule has 118 valence electrons. The maximum atomic E-state index is 12.4. The predicted octanol–water partition coefficient (Wildman–Crippen LogP) is 3.12. The van der Waals surface area contributed by atoms with Gasteiger partial charge in [-0.05, 0) is 43.3 Å². The number of fused-ring (bicyclic) bond motifs is 1. The Hall–Kier alpha value is -2.82. The second-order valence-corrected chi connectivity index (χ2v) is 5.78. The van der Waals surface area contributed by atoms with Crippen molar-refractivity contribution in [2.75, 3.05) is 19.0 Å². The average molecular weight is 308 g/mol. The van der Waals surface area contributed by atoms with Crippen molar-refractivity contribution in [3.63, 3.8) is 0 Å². The van der Waals surface area contributed by atoms with E-state index in [4.69, 9.17) is 0 Å². The normalized spacial score (nSPS) is 12.1. The number of hydrogen-bond donors (Lipinski definition) is 2. The summed E-state index contributed by atoms with van der Waals surface area (Å²) in [6, 6.07) is 15.2. The van der Waals surface area contributed by atoms with Gasteiger partial charge < -0.3 is 15.2 Å². The van der Waals surface area contributed by atoms with Gasteiger partial charge in [0, 0.05) is 25.3 Å². The van der Waals surface area contributed by atoms with Crippen LogP contribution in [-0.4, -0.2) is 30.0 Å². The molecule has 0 saturated heterocycles. The monoisotopic (exact) mass is 308 g/mol. The maximum Gasteiger partial charge on any atom is 0.251 e. The van der Waals surface area contributed by atoms with Crippen LogP contribution in [-0.2, 0) is 0 Å². The third kappa shape index (κ3) is 3.18. The van der Waals surface area contributed by atoms with Crippen LogP contribution in [0.25, 0.3) is 11.0 Å². The molecular formula is C18H20N4O. The topological polar surface area (TPSA) is 61.0 Å². The summed E-state index contributed by atoms with van der Waals surface area (Å²) in [7, 11) is 3.94. The first-order chi connectivity index (χ1) is 11.0. The number of hydrogen-bond acceptors (Lipinski definition) is 3. The summed E-state index contributed by atoms with van der Waals surface area (Å²) in [6.07, 6.45) is 0. The summed E-state index contributed by atoms with van der Waals surface area (Å²) < 4.78 is 0. The molecule has 0 bridgehead atoms. The van der Waals surface area contributed by atoms with Crippen LogP contribution in [0.1, 0.15) is 29.1 Å². The molecule has 0 spiro atoms. The fraction of sp³-hybridized carbons (Fsp3) is 0.222. The van der Waals surface area contributed by atoms with Gasteiger partial charge in [-0.15, -0.1) is 0 Å². The number of para-hydroxylation sites is 2. The van der Waals surface area contributed by atoms with E-state index >= 15 is 0 Å². The molecule has 1 amide bonds. The molecule has 0 aliphatic rings. The highest BCUT2D eigenvalue weighted by molar-refractivity contribution is 5.94. The van der Waals surface area contributed by atoms with Crippen LogP contribution in [0.3, 0.4) is 0 Å². The van der Waals surface area contributed by atoms with Crippen LogP contribution >= 0.6 is 0 Å². The molecule has 1 atom stereocenters. The number of nitrogens with one attached hydrogen (secondary N) is 2. The number of rotatable bonds is 4. The Kier molecular flexibility index (Phi) is 4.02. The number of anilines is 1. The lowest BCUT2D eigenvalue weighted by atomic mass is 10.1. The lowest BCUT2D eigenvalue weighted by molar-refractivity contribution is 0.0938. The largest absolute Gasteiger partial charge is 0.378 e. The zero-order valence-electron chi connectivity index (χ0n) is 13.5. The van der Waals surface area contributed by atoms with Crippen LogP contribution in [0.5, 0.6) is 0 Å². The molecule has 0 fully saturated rings. The van der Waals surface area contributed by atoms with E-state index in [-0.39, 0.29) is 11.9 Å². The SMILES string of the molecule is C[C@H](NC(=O)c1ccc(N(C)C)cc1)c1nc2ccccc2[nH]1. The average Bonchev–Trinajstić information content (AvgIpc) is 2.99. The summed E-state index contributed by atoms with van der Waals surface area (Å²) >= 11 is 0. The highest BCUT2D eigenvalue weighted by atomic mass is 16.1. The molecule has 1 heterocycles. The number of aromatic nitrogens is 2. The quantitative estimate of drug-likeness (QED) is 0.778. The molecule has 3 rings (SSSR count). The van der Waals surface area contributed by atoms with E-state index < -0.39 is 0 Å². The number of carbonyl (C=O) groups excluding carboxylic acids is 1. The van der Waals surface area contributed by atoms with E-state index in [0.717, 1.165) is 22.5 Å². The van der Waals surface area contributed by atoms with Crippen LogP contribution in [0.15, 0.2) is 48.5 Å². The Morgan fingerprint density at radius 3 is 2.48 bits per heavy atom. The lowest BCUT2D eigenvalue weighted by Crippen LogP contribution is -2.27. The molecule has 2 N–H and O–H groups in total. The molecule has 0 saturated carbocycles. The molecule has 0 aliphatic carbocycles. The van der Waals surface area contributed by atoms with Crippen LogP contribution in [0, 0.1) is 0 Å². The maximum absolute atomic E-state index is 12.4. The van der Waals surface area contributed by atoms with Crippen molar-refractivity contribution in [3.05, 3.63) is 59.9 Å². The van der Waals surface area contributed by atoms with Crippen molar-refractivity contribution in [2.45, 2.75) is 13.0 Å². The first-order valence-electron chi connectivity index (χ1n) is 7.57. The highest BCUT2D eigenvalue weighted by Crippen LogP contribution is 2.17. The van der Waals surface area contributed by atoms with Gasteiger partial charge in [-0.2, -0.15) is 0 Å². The van der Waals surface area contributed by atoms with E-state index in [0.29, 0.717) is 5.56 Å². The molecule has 5 heteroatoms. The minimum Gasteiger partial charge on any atom is -0.378 e. The van der Waals surface area contributed by atoms with Gasteiger partial charge in [-0.25, -0.2) is 4.98 Å². The second kappa shape index (κ2) is 6.12. The number of carbonyl (C=O) groups is 1.